The minimum Gasteiger partial charge on any atom is -0.394 e. The van der Waals surface area contributed by atoms with Gasteiger partial charge in [0.2, 0.25) is 0 Å². The highest BCUT2D eigenvalue weighted by Gasteiger charge is 2.47. The minimum absolute atomic E-state index is 0.0302. The molecule has 0 aliphatic carbocycles. The van der Waals surface area contributed by atoms with Crippen LogP contribution < -0.4 is 4.90 Å². The number of likely N-dealkylation sites (N-methyl/N-ethyl adjacent to an activating group) is 1. The molecule has 5 nitrogen and oxygen atoms in total. The van der Waals surface area contributed by atoms with Crippen molar-refractivity contribution in [2.45, 2.75) is 18.5 Å². The van der Waals surface area contributed by atoms with Gasteiger partial charge in [-0.15, -0.1) is 0 Å². The number of likely N-dealkylation sites (tertiary alicyclic amines) is 1. The van der Waals surface area contributed by atoms with Crippen LogP contribution in [0.2, 0.25) is 0 Å². The van der Waals surface area contributed by atoms with Gasteiger partial charge in [0.05, 0.1) is 18.7 Å². The van der Waals surface area contributed by atoms with Crippen LogP contribution >= 0.6 is 0 Å². The summed E-state index contributed by atoms with van der Waals surface area (Å²) in [5.74, 6) is -0.235. The zero-order chi connectivity index (χ0) is 21.5. The Hall–Kier alpha value is -3.25. The van der Waals surface area contributed by atoms with Gasteiger partial charge in [0, 0.05) is 31.4 Å². The second-order valence-electron chi connectivity index (χ2n) is 8.25. The van der Waals surface area contributed by atoms with Gasteiger partial charge >= 0.3 is 0 Å². The number of carbonyl (C=O) groups excluding carboxylic acids is 1. The topological polar surface area (TPSA) is 56.7 Å². The van der Waals surface area contributed by atoms with Crippen LogP contribution in [0.4, 0.5) is 10.1 Å². The highest BCUT2D eigenvalue weighted by Crippen LogP contribution is 2.49. The zero-order valence-corrected chi connectivity index (χ0v) is 17.3. The van der Waals surface area contributed by atoms with Gasteiger partial charge in [0.1, 0.15) is 11.5 Å². The molecule has 1 amide bonds. The molecule has 0 unspecified atom stereocenters. The number of anilines is 1. The highest BCUT2D eigenvalue weighted by atomic mass is 19.1. The van der Waals surface area contributed by atoms with E-state index in [0.29, 0.717) is 12.2 Å². The molecule has 1 saturated heterocycles. The second kappa shape index (κ2) is 7.78. The fourth-order valence-electron chi connectivity index (χ4n) is 5.14. The molecule has 3 aromatic rings. The van der Waals surface area contributed by atoms with Gasteiger partial charge in [0.25, 0.3) is 5.91 Å². The molecular weight excluding hydrogens is 393 g/mol. The number of hydrogen-bond donors (Lipinski definition) is 1. The van der Waals surface area contributed by atoms with Crippen molar-refractivity contribution in [1.29, 1.82) is 0 Å². The maximum Gasteiger partial charge on any atom is 0.272 e. The van der Waals surface area contributed by atoms with Crippen LogP contribution in [0.1, 0.15) is 28.5 Å². The molecule has 1 N–H and O–H groups in total. The molecule has 1 fully saturated rings. The summed E-state index contributed by atoms with van der Waals surface area (Å²) in [5, 5.41) is 10.1. The van der Waals surface area contributed by atoms with Crippen molar-refractivity contribution in [3.63, 3.8) is 0 Å². The number of fused-ring (bicyclic) bond motifs is 3. The molecule has 2 aliphatic heterocycles. The van der Waals surface area contributed by atoms with Crippen molar-refractivity contribution in [3.8, 4) is 11.1 Å². The molecule has 158 valence electrons. The number of nitrogens with zero attached hydrogens (tertiary/aromatic N) is 3. The quantitative estimate of drug-likeness (QED) is 0.702. The Bertz CT molecular complexity index is 1100. The molecule has 31 heavy (non-hydrogen) atoms. The molecule has 0 radical (unpaired) electrons. The van der Waals surface area contributed by atoms with Crippen LogP contribution in [-0.2, 0) is 0 Å². The van der Waals surface area contributed by atoms with Crippen LogP contribution in [0.5, 0.6) is 0 Å². The molecule has 5 rings (SSSR count). The third-order valence-corrected chi connectivity index (χ3v) is 6.67. The predicted octanol–water partition coefficient (Wildman–Crippen LogP) is 3.90. The summed E-state index contributed by atoms with van der Waals surface area (Å²) in [6.07, 6.45) is 2.45. The SMILES string of the molecule is CN1c2ccc(-c3ccc(F)cc3)cc2[C@@H]2[C@@H](CCN2C(=O)c2ccccn2)[C@@H]1CO. The molecule has 2 aromatic carbocycles. The lowest BCUT2D eigenvalue weighted by atomic mass is 9.81. The number of benzene rings is 2. The lowest BCUT2D eigenvalue weighted by Gasteiger charge is -2.44. The first-order valence-corrected chi connectivity index (χ1v) is 10.5. The second-order valence-corrected chi connectivity index (χ2v) is 8.25. The van der Waals surface area contributed by atoms with Gasteiger partial charge in [-0.1, -0.05) is 24.3 Å². The maximum atomic E-state index is 13.4. The monoisotopic (exact) mass is 417 g/mol. The van der Waals surface area contributed by atoms with E-state index < -0.39 is 0 Å². The van der Waals surface area contributed by atoms with Crippen LogP contribution in [0.3, 0.4) is 0 Å². The number of halogens is 1. The number of aliphatic hydroxyl groups is 1. The molecule has 6 heteroatoms. The molecule has 1 aromatic heterocycles. The van der Waals surface area contributed by atoms with Crippen molar-refractivity contribution < 1.29 is 14.3 Å². The van der Waals surface area contributed by atoms with E-state index in [9.17, 15) is 14.3 Å². The fourth-order valence-corrected chi connectivity index (χ4v) is 5.14. The first-order valence-electron chi connectivity index (χ1n) is 10.5. The van der Waals surface area contributed by atoms with Gasteiger partial charge in [-0.3, -0.25) is 9.78 Å². The summed E-state index contributed by atoms with van der Waals surface area (Å²) >= 11 is 0. The number of aromatic nitrogens is 1. The Kier molecular flexibility index (Phi) is 4.94. The van der Waals surface area contributed by atoms with Crippen molar-refractivity contribution in [3.05, 3.63) is 83.9 Å². The van der Waals surface area contributed by atoms with Crippen molar-refractivity contribution in [2.75, 3.05) is 25.1 Å². The van der Waals surface area contributed by atoms with Crippen LogP contribution in [-0.4, -0.2) is 47.1 Å². The van der Waals surface area contributed by atoms with Gasteiger partial charge in [0.15, 0.2) is 0 Å². The number of carbonyl (C=O) groups is 1. The smallest absolute Gasteiger partial charge is 0.272 e. The number of hydrogen-bond acceptors (Lipinski definition) is 4. The third kappa shape index (κ3) is 3.27. The predicted molar refractivity (Wildman–Crippen MR) is 117 cm³/mol. The van der Waals surface area contributed by atoms with Gasteiger partial charge in [-0.2, -0.15) is 0 Å². The van der Waals surface area contributed by atoms with Crippen molar-refractivity contribution in [2.24, 2.45) is 5.92 Å². The average molecular weight is 417 g/mol. The number of rotatable bonds is 3. The summed E-state index contributed by atoms with van der Waals surface area (Å²) in [6.45, 7) is 0.651. The Balaban J connectivity index is 1.60. The molecule has 0 saturated carbocycles. The molecule has 0 bridgehead atoms. The molecule has 3 atom stereocenters. The summed E-state index contributed by atoms with van der Waals surface area (Å²) in [5.41, 5.74) is 4.39. The summed E-state index contributed by atoms with van der Waals surface area (Å²) in [6, 6.07) is 17.8. The molecular formula is C25H24FN3O2. The standard InChI is InChI=1S/C25H24FN3O2/c1-28-22-10-7-17(16-5-8-18(26)9-6-16)14-20(22)24-19(23(28)15-30)11-13-29(24)25(31)21-4-2-3-12-27-21/h2-10,12,14,19,23-24,30H,11,13,15H2,1H3/t19-,23-,24-/m0/s1. The summed E-state index contributed by atoms with van der Waals surface area (Å²) in [7, 11) is 2.00. The Morgan fingerprint density at radius 3 is 2.61 bits per heavy atom. The number of amides is 1. The van der Waals surface area contributed by atoms with E-state index in [2.05, 4.69) is 16.0 Å². The number of aliphatic hydroxyl groups excluding tert-OH is 1. The van der Waals surface area contributed by atoms with E-state index >= 15 is 0 Å². The Morgan fingerprint density at radius 2 is 1.90 bits per heavy atom. The van der Waals surface area contributed by atoms with Gasteiger partial charge in [-0.25, -0.2) is 4.39 Å². The van der Waals surface area contributed by atoms with Crippen LogP contribution in [0.15, 0.2) is 66.9 Å². The highest BCUT2D eigenvalue weighted by molar-refractivity contribution is 5.93. The fraction of sp³-hybridized carbons (Fsp3) is 0.280. The maximum absolute atomic E-state index is 13.4. The lowest BCUT2D eigenvalue weighted by molar-refractivity contribution is 0.0688. The third-order valence-electron chi connectivity index (χ3n) is 6.67. The molecule has 2 aliphatic rings. The van der Waals surface area contributed by atoms with E-state index in [1.165, 1.54) is 12.1 Å². The lowest BCUT2D eigenvalue weighted by Crippen LogP contribution is -2.48. The summed E-state index contributed by atoms with van der Waals surface area (Å²) in [4.78, 5) is 21.6. The normalized spacial score (nSPS) is 22.2. The van der Waals surface area contributed by atoms with E-state index in [1.807, 2.05) is 30.1 Å². The molecule has 3 heterocycles. The first-order chi connectivity index (χ1) is 15.1. The van der Waals surface area contributed by atoms with Crippen LogP contribution in [0.25, 0.3) is 11.1 Å². The van der Waals surface area contributed by atoms with Crippen LogP contribution in [0, 0.1) is 11.7 Å². The van der Waals surface area contributed by atoms with E-state index in [0.717, 1.165) is 28.8 Å². The zero-order valence-electron chi connectivity index (χ0n) is 17.3. The van der Waals surface area contributed by atoms with Gasteiger partial charge in [-0.05, 0) is 59.5 Å². The Labute approximate surface area is 180 Å². The Morgan fingerprint density at radius 1 is 1.13 bits per heavy atom. The van der Waals surface area contributed by atoms with E-state index in [4.69, 9.17) is 0 Å². The largest absolute Gasteiger partial charge is 0.394 e. The van der Waals surface area contributed by atoms with E-state index in [-0.39, 0.29) is 36.3 Å². The van der Waals surface area contributed by atoms with Gasteiger partial charge < -0.3 is 14.9 Å². The van der Waals surface area contributed by atoms with Crippen molar-refractivity contribution in [1.82, 2.24) is 9.88 Å². The molecule has 0 spiro atoms. The average Bonchev–Trinajstić information content (AvgIpc) is 3.25. The number of pyridine rings is 1. The van der Waals surface area contributed by atoms with E-state index in [1.54, 1.807) is 30.5 Å². The first kappa shape index (κ1) is 19.7. The minimum atomic E-state index is -0.268. The summed E-state index contributed by atoms with van der Waals surface area (Å²) < 4.78 is 13.4. The van der Waals surface area contributed by atoms with Crippen molar-refractivity contribution >= 4 is 11.6 Å².